The molecule has 4 aliphatic rings. The SMILES string of the molecule is CC(C)(C)OC(=O)N1C=CC(OC2CC(Oc3cc(N4C5CC[C@@H]4CNC5)ccn3)C2)=CC1. The van der Waals surface area contributed by atoms with E-state index in [4.69, 9.17) is 14.2 Å². The number of allylic oxidation sites excluding steroid dienone is 1. The van der Waals surface area contributed by atoms with Crippen LogP contribution >= 0.6 is 0 Å². The minimum absolute atomic E-state index is 0.115. The van der Waals surface area contributed by atoms with Gasteiger partial charge in [0.2, 0.25) is 5.88 Å². The van der Waals surface area contributed by atoms with Crippen molar-refractivity contribution < 1.29 is 19.0 Å². The number of carbonyl (C=O) groups excluding carboxylic acids is 1. The van der Waals surface area contributed by atoms with Crippen LogP contribution in [0, 0.1) is 0 Å². The Labute approximate surface area is 195 Å². The maximum atomic E-state index is 12.1. The standard InChI is InChI=1S/C25H34N4O4/c1-25(2,3)33-24(30)28-10-7-20(8-11-28)31-21-13-22(14-21)32-23-12-17(6-9-27-23)29-18-4-5-19(29)16-26-15-18/h6-10,12,18-19,21-22,26H,4-5,11,13-16H2,1-3H3/t18-,19?,21?,22?/m1/s1. The highest BCUT2D eigenvalue weighted by Gasteiger charge is 2.37. The lowest BCUT2D eigenvalue weighted by Crippen LogP contribution is -2.52. The fourth-order valence-corrected chi connectivity index (χ4v) is 4.92. The summed E-state index contributed by atoms with van der Waals surface area (Å²) in [6.45, 7) is 8.13. The third-order valence-corrected chi connectivity index (χ3v) is 6.57. The maximum absolute atomic E-state index is 12.1. The average molecular weight is 455 g/mol. The van der Waals surface area contributed by atoms with Crippen molar-refractivity contribution in [3.63, 3.8) is 0 Å². The summed E-state index contributed by atoms with van der Waals surface area (Å²) in [6.07, 6.45) is 11.3. The van der Waals surface area contributed by atoms with Gasteiger partial charge < -0.3 is 24.4 Å². The van der Waals surface area contributed by atoms with E-state index >= 15 is 0 Å². The Kier molecular flexibility index (Phi) is 5.95. The van der Waals surface area contributed by atoms with Crippen molar-refractivity contribution in [2.45, 2.75) is 76.3 Å². The highest BCUT2D eigenvalue weighted by atomic mass is 16.6. The molecule has 3 aliphatic heterocycles. The Bertz CT molecular complexity index is 919. The summed E-state index contributed by atoms with van der Waals surface area (Å²) in [4.78, 5) is 20.7. The Morgan fingerprint density at radius 2 is 1.85 bits per heavy atom. The highest BCUT2D eigenvalue weighted by molar-refractivity contribution is 5.70. The second-order valence-electron chi connectivity index (χ2n) is 10.3. The molecule has 178 valence electrons. The van der Waals surface area contributed by atoms with Gasteiger partial charge in [0.05, 0.1) is 6.54 Å². The lowest BCUT2D eigenvalue weighted by molar-refractivity contribution is -0.0300. The quantitative estimate of drug-likeness (QED) is 0.729. The fraction of sp³-hybridized carbons (Fsp3) is 0.600. The molecule has 0 aromatic carbocycles. The first-order valence-corrected chi connectivity index (χ1v) is 12.0. The molecule has 3 fully saturated rings. The van der Waals surface area contributed by atoms with Gasteiger partial charge in [-0.15, -0.1) is 0 Å². The van der Waals surface area contributed by atoms with Crippen LogP contribution in [0.15, 0.2) is 42.4 Å². The van der Waals surface area contributed by atoms with Gasteiger partial charge in [-0.05, 0) is 51.8 Å². The number of rotatable bonds is 5. The molecule has 4 heterocycles. The molecule has 1 aromatic heterocycles. The van der Waals surface area contributed by atoms with Gasteiger partial charge >= 0.3 is 6.09 Å². The number of hydrogen-bond acceptors (Lipinski definition) is 7. The van der Waals surface area contributed by atoms with E-state index in [9.17, 15) is 4.79 Å². The minimum Gasteiger partial charge on any atom is -0.490 e. The Morgan fingerprint density at radius 3 is 2.52 bits per heavy atom. The number of anilines is 1. The largest absolute Gasteiger partial charge is 0.490 e. The van der Waals surface area contributed by atoms with Crippen LogP contribution in [0.5, 0.6) is 5.88 Å². The molecule has 2 saturated heterocycles. The smallest absolute Gasteiger partial charge is 0.414 e. The first-order chi connectivity index (χ1) is 15.8. The molecule has 1 aromatic rings. The zero-order valence-corrected chi connectivity index (χ0v) is 19.7. The third-order valence-electron chi connectivity index (χ3n) is 6.57. The van der Waals surface area contributed by atoms with Gasteiger partial charge in [0, 0.05) is 62.2 Å². The molecule has 1 aliphatic carbocycles. The Hall–Kier alpha value is -2.74. The Morgan fingerprint density at radius 1 is 1.12 bits per heavy atom. The lowest BCUT2D eigenvalue weighted by Gasteiger charge is -2.38. The number of hydrogen-bond donors (Lipinski definition) is 1. The molecular formula is C25H34N4O4. The summed E-state index contributed by atoms with van der Waals surface area (Å²) in [5.74, 6) is 1.48. The summed E-state index contributed by atoms with van der Waals surface area (Å²) in [7, 11) is 0. The summed E-state index contributed by atoms with van der Waals surface area (Å²) < 4.78 is 17.6. The third kappa shape index (κ3) is 5.11. The van der Waals surface area contributed by atoms with Crippen molar-refractivity contribution in [3.05, 3.63) is 42.4 Å². The van der Waals surface area contributed by atoms with Crippen LogP contribution < -0.4 is 15.0 Å². The van der Waals surface area contributed by atoms with Crippen molar-refractivity contribution in [1.29, 1.82) is 0 Å². The van der Waals surface area contributed by atoms with Crippen LogP contribution in [-0.2, 0) is 9.47 Å². The first kappa shape index (κ1) is 22.1. The van der Waals surface area contributed by atoms with Crippen molar-refractivity contribution >= 4 is 11.8 Å². The van der Waals surface area contributed by atoms with E-state index < -0.39 is 5.60 Å². The zero-order chi connectivity index (χ0) is 23.0. The van der Waals surface area contributed by atoms with E-state index in [1.54, 1.807) is 6.20 Å². The maximum Gasteiger partial charge on any atom is 0.414 e. The van der Waals surface area contributed by atoms with Crippen molar-refractivity contribution in [1.82, 2.24) is 15.2 Å². The van der Waals surface area contributed by atoms with Crippen molar-refractivity contribution in [3.8, 4) is 5.88 Å². The van der Waals surface area contributed by atoms with Gasteiger partial charge in [0.1, 0.15) is 23.6 Å². The Balaban J connectivity index is 1.08. The molecule has 1 unspecified atom stereocenters. The molecule has 1 saturated carbocycles. The van der Waals surface area contributed by atoms with Gasteiger partial charge in [0.15, 0.2) is 0 Å². The zero-order valence-electron chi connectivity index (χ0n) is 19.7. The van der Waals surface area contributed by atoms with Gasteiger partial charge in [-0.25, -0.2) is 9.78 Å². The molecule has 2 atom stereocenters. The normalized spacial score (nSPS) is 28.8. The molecule has 1 N–H and O–H groups in total. The van der Waals surface area contributed by atoms with Gasteiger partial charge in [-0.2, -0.15) is 0 Å². The molecule has 8 nitrogen and oxygen atoms in total. The number of piperazine rings is 1. The van der Waals surface area contributed by atoms with Crippen molar-refractivity contribution in [2.75, 3.05) is 24.5 Å². The fourth-order valence-electron chi connectivity index (χ4n) is 4.92. The van der Waals surface area contributed by atoms with E-state index in [2.05, 4.69) is 27.3 Å². The summed E-state index contributed by atoms with van der Waals surface area (Å²) in [6, 6.07) is 5.33. The number of amides is 1. The van der Waals surface area contributed by atoms with Crippen LogP contribution in [0.3, 0.4) is 0 Å². The van der Waals surface area contributed by atoms with Crippen molar-refractivity contribution in [2.24, 2.45) is 0 Å². The minimum atomic E-state index is -0.509. The number of aromatic nitrogens is 1. The molecule has 2 bridgehead atoms. The molecule has 5 rings (SSSR count). The van der Waals surface area contributed by atoms with Crippen LogP contribution in [0.25, 0.3) is 0 Å². The molecule has 8 heteroatoms. The second kappa shape index (κ2) is 8.89. The topological polar surface area (TPSA) is 76.2 Å². The van der Waals surface area contributed by atoms with Gasteiger partial charge in [0.25, 0.3) is 0 Å². The molecule has 0 radical (unpaired) electrons. The number of nitrogens with zero attached hydrogens (tertiary/aromatic N) is 3. The highest BCUT2D eigenvalue weighted by Crippen LogP contribution is 2.35. The first-order valence-electron chi connectivity index (χ1n) is 12.0. The summed E-state index contributed by atoms with van der Waals surface area (Å²) in [5.41, 5.74) is 0.707. The van der Waals surface area contributed by atoms with E-state index in [0.29, 0.717) is 24.5 Å². The summed E-state index contributed by atoms with van der Waals surface area (Å²) in [5, 5.41) is 3.53. The van der Waals surface area contributed by atoms with E-state index in [1.807, 2.05) is 39.1 Å². The number of carbonyl (C=O) groups is 1. The summed E-state index contributed by atoms with van der Waals surface area (Å²) >= 11 is 0. The second-order valence-corrected chi connectivity index (χ2v) is 10.3. The molecule has 33 heavy (non-hydrogen) atoms. The van der Waals surface area contributed by atoms with Gasteiger partial charge in [-0.3, -0.25) is 4.90 Å². The predicted octanol–water partition coefficient (Wildman–Crippen LogP) is 3.60. The number of fused-ring (bicyclic) bond motifs is 2. The van der Waals surface area contributed by atoms with Gasteiger partial charge in [-0.1, -0.05) is 0 Å². The van der Waals surface area contributed by atoms with E-state index in [1.165, 1.54) is 23.4 Å². The molecular weight excluding hydrogens is 420 g/mol. The number of nitrogens with one attached hydrogen (secondary N) is 1. The van der Waals surface area contributed by atoms with Crippen LogP contribution in [-0.4, -0.2) is 65.5 Å². The van der Waals surface area contributed by atoms with Crippen LogP contribution in [0.1, 0.15) is 46.5 Å². The number of ether oxygens (including phenoxy) is 3. The van der Waals surface area contributed by atoms with E-state index in [-0.39, 0.29) is 18.3 Å². The monoisotopic (exact) mass is 454 g/mol. The molecule has 1 amide bonds. The lowest BCUT2D eigenvalue weighted by atomic mass is 9.92. The predicted molar refractivity (Wildman–Crippen MR) is 125 cm³/mol. The van der Waals surface area contributed by atoms with Crippen LogP contribution in [0.4, 0.5) is 10.5 Å². The number of pyridine rings is 1. The average Bonchev–Trinajstić information content (AvgIpc) is 3.00. The van der Waals surface area contributed by atoms with E-state index in [0.717, 1.165) is 31.7 Å². The van der Waals surface area contributed by atoms with Crippen LogP contribution in [0.2, 0.25) is 0 Å². The molecule has 0 spiro atoms.